The van der Waals surface area contributed by atoms with Gasteiger partial charge in [-0.25, -0.2) is 9.59 Å². The summed E-state index contributed by atoms with van der Waals surface area (Å²) < 4.78 is 0. The van der Waals surface area contributed by atoms with E-state index in [2.05, 4.69) is 22.5 Å². The first-order valence-electron chi connectivity index (χ1n) is 6.17. The number of carbonyl (C=O) groups excluding carboxylic acids is 1. The number of carboxylic acids is 1. The van der Waals surface area contributed by atoms with Gasteiger partial charge in [0.15, 0.2) is 6.04 Å². The molecule has 7 nitrogen and oxygen atoms in total. The zero-order chi connectivity index (χ0) is 13.5. The molecule has 2 atom stereocenters. The molecule has 0 radical (unpaired) electrons. The van der Waals surface area contributed by atoms with Crippen LogP contribution >= 0.6 is 0 Å². The molecule has 0 spiro atoms. The van der Waals surface area contributed by atoms with Crippen LogP contribution in [-0.2, 0) is 4.79 Å². The highest BCUT2D eigenvalue weighted by molar-refractivity contribution is 5.82. The van der Waals surface area contributed by atoms with Gasteiger partial charge in [0, 0.05) is 13.1 Å². The summed E-state index contributed by atoms with van der Waals surface area (Å²) in [6.07, 6.45) is 1.04. The second-order valence-corrected chi connectivity index (χ2v) is 4.48. The summed E-state index contributed by atoms with van der Waals surface area (Å²) in [5, 5.41) is 22.3. The van der Waals surface area contributed by atoms with Crippen LogP contribution in [0.2, 0.25) is 0 Å². The topological polar surface area (TPSA) is 102 Å². The Bertz CT molecular complexity index is 298. The minimum atomic E-state index is -1.25. The van der Waals surface area contributed by atoms with Crippen LogP contribution in [0.25, 0.3) is 0 Å². The Morgan fingerprint density at radius 1 is 1.50 bits per heavy atom. The van der Waals surface area contributed by atoms with Gasteiger partial charge in [-0.15, -0.1) is 0 Å². The molecule has 0 saturated carbocycles. The van der Waals surface area contributed by atoms with Crippen LogP contribution in [0.5, 0.6) is 0 Å². The molecule has 4 N–H and O–H groups in total. The number of amides is 2. The van der Waals surface area contributed by atoms with Crippen molar-refractivity contribution in [1.29, 1.82) is 0 Å². The summed E-state index contributed by atoms with van der Waals surface area (Å²) in [5.74, 6) is -0.834. The molecule has 2 unspecified atom stereocenters. The maximum atomic E-state index is 11.4. The Hall–Kier alpha value is -1.34. The lowest BCUT2D eigenvalue weighted by Gasteiger charge is -2.16. The van der Waals surface area contributed by atoms with Crippen molar-refractivity contribution in [3.8, 4) is 0 Å². The van der Waals surface area contributed by atoms with Crippen molar-refractivity contribution in [2.45, 2.75) is 19.4 Å². The van der Waals surface area contributed by atoms with Crippen molar-refractivity contribution in [3.05, 3.63) is 0 Å². The number of hydrogen-bond donors (Lipinski definition) is 4. The van der Waals surface area contributed by atoms with E-state index in [4.69, 9.17) is 10.2 Å². The Labute approximate surface area is 106 Å². The lowest BCUT2D eigenvalue weighted by Crippen LogP contribution is -2.48. The van der Waals surface area contributed by atoms with Crippen LogP contribution in [0.15, 0.2) is 0 Å². The molecule has 1 aliphatic rings. The van der Waals surface area contributed by atoms with Gasteiger partial charge in [0.1, 0.15) is 0 Å². The molecule has 2 amide bonds. The molecule has 0 aliphatic carbocycles. The highest BCUT2D eigenvalue weighted by atomic mass is 16.4. The number of nitrogens with zero attached hydrogens (tertiary/aromatic N) is 1. The number of carboxylic acid groups (broad SMARTS) is 1. The van der Waals surface area contributed by atoms with Gasteiger partial charge in [-0.3, -0.25) is 0 Å². The average Bonchev–Trinajstić information content (AvgIpc) is 2.81. The Morgan fingerprint density at radius 2 is 2.22 bits per heavy atom. The lowest BCUT2D eigenvalue weighted by atomic mass is 10.1. The van der Waals surface area contributed by atoms with E-state index in [-0.39, 0.29) is 0 Å². The van der Waals surface area contributed by atoms with Gasteiger partial charge in [0.2, 0.25) is 0 Å². The molecule has 0 aromatic heterocycles. The van der Waals surface area contributed by atoms with Crippen LogP contribution in [0, 0.1) is 5.92 Å². The van der Waals surface area contributed by atoms with E-state index in [1.54, 1.807) is 0 Å². The van der Waals surface area contributed by atoms with Crippen molar-refractivity contribution in [2.75, 3.05) is 32.8 Å². The fourth-order valence-electron chi connectivity index (χ4n) is 2.00. The first-order chi connectivity index (χ1) is 8.56. The highest BCUT2D eigenvalue weighted by Gasteiger charge is 2.23. The number of nitrogens with one attached hydrogen (secondary N) is 2. The molecule has 1 saturated heterocycles. The standard InChI is InChI=1S/C11H21N3O4/c1-2-14-4-3-8(6-14)5-12-11(18)13-9(7-15)10(16)17/h8-9,15H,2-7H2,1H3,(H,16,17)(H2,12,13,18). The monoisotopic (exact) mass is 259 g/mol. The third-order valence-corrected chi connectivity index (χ3v) is 3.15. The van der Waals surface area contributed by atoms with Gasteiger partial charge in [0.05, 0.1) is 6.61 Å². The summed E-state index contributed by atoms with van der Waals surface area (Å²) in [5.41, 5.74) is 0. The number of rotatable bonds is 6. The van der Waals surface area contributed by atoms with Crippen LogP contribution in [0.1, 0.15) is 13.3 Å². The quantitative estimate of drug-likeness (QED) is 0.494. The molecule has 1 heterocycles. The zero-order valence-electron chi connectivity index (χ0n) is 10.6. The molecule has 18 heavy (non-hydrogen) atoms. The number of likely N-dealkylation sites (tertiary alicyclic amines) is 1. The number of carbonyl (C=O) groups is 2. The van der Waals surface area contributed by atoms with Crippen LogP contribution in [0.3, 0.4) is 0 Å². The average molecular weight is 259 g/mol. The highest BCUT2D eigenvalue weighted by Crippen LogP contribution is 2.14. The molecule has 1 aliphatic heterocycles. The van der Waals surface area contributed by atoms with E-state index in [1.807, 2.05) is 0 Å². The Kier molecular flexibility index (Phi) is 5.87. The van der Waals surface area contributed by atoms with E-state index in [1.165, 1.54) is 0 Å². The van der Waals surface area contributed by atoms with Crippen LogP contribution in [-0.4, -0.2) is 65.9 Å². The summed E-state index contributed by atoms with van der Waals surface area (Å²) in [6, 6.07) is -1.80. The van der Waals surface area contributed by atoms with Gasteiger partial charge < -0.3 is 25.7 Å². The van der Waals surface area contributed by atoms with Gasteiger partial charge in [0.25, 0.3) is 0 Å². The van der Waals surface area contributed by atoms with E-state index < -0.39 is 24.6 Å². The van der Waals surface area contributed by atoms with Crippen molar-refractivity contribution in [3.63, 3.8) is 0 Å². The van der Waals surface area contributed by atoms with Crippen molar-refractivity contribution >= 4 is 12.0 Å². The summed E-state index contributed by atoms with van der Waals surface area (Å²) in [7, 11) is 0. The molecular formula is C11H21N3O4. The van der Waals surface area contributed by atoms with E-state index in [0.29, 0.717) is 12.5 Å². The summed E-state index contributed by atoms with van der Waals surface area (Å²) in [6.45, 7) is 5.02. The fourth-order valence-corrected chi connectivity index (χ4v) is 2.00. The molecular weight excluding hydrogens is 238 g/mol. The van der Waals surface area contributed by atoms with Gasteiger partial charge in [-0.05, 0) is 25.4 Å². The summed E-state index contributed by atoms with van der Waals surface area (Å²) in [4.78, 5) is 24.3. The van der Waals surface area contributed by atoms with Gasteiger partial charge in [-0.2, -0.15) is 0 Å². The van der Waals surface area contributed by atoms with Crippen molar-refractivity contribution < 1.29 is 19.8 Å². The third-order valence-electron chi connectivity index (χ3n) is 3.15. The maximum Gasteiger partial charge on any atom is 0.328 e. The SMILES string of the molecule is CCN1CCC(CNC(=O)NC(CO)C(=O)O)C1. The second kappa shape index (κ2) is 7.17. The molecule has 104 valence electrons. The van der Waals surface area contributed by atoms with Gasteiger partial charge in [-0.1, -0.05) is 6.92 Å². The number of aliphatic hydroxyl groups excluding tert-OH is 1. The molecule has 1 fully saturated rings. The van der Waals surface area contributed by atoms with Gasteiger partial charge >= 0.3 is 12.0 Å². The predicted octanol–water partition coefficient (Wildman–Crippen LogP) is -0.927. The minimum absolute atomic E-state index is 0.410. The Balaban J connectivity index is 2.23. The number of aliphatic carboxylic acids is 1. The molecule has 0 aromatic rings. The largest absolute Gasteiger partial charge is 0.480 e. The fraction of sp³-hybridized carbons (Fsp3) is 0.818. The molecule has 0 bridgehead atoms. The first-order valence-corrected chi connectivity index (χ1v) is 6.17. The predicted molar refractivity (Wildman–Crippen MR) is 65.3 cm³/mol. The third kappa shape index (κ3) is 4.50. The maximum absolute atomic E-state index is 11.4. The second-order valence-electron chi connectivity index (χ2n) is 4.48. The van der Waals surface area contributed by atoms with E-state index in [0.717, 1.165) is 26.1 Å². The molecule has 0 aromatic carbocycles. The number of urea groups is 1. The number of hydrogen-bond acceptors (Lipinski definition) is 4. The molecule has 1 rings (SSSR count). The molecule has 7 heteroatoms. The van der Waals surface area contributed by atoms with Crippen molar-refractivity contribution in [1.82, 2.24) is 15.5 Å². The van der Waals surface area contributed by atoms with E-state index in [9.17, 15) is 9.59 Å². The Morgan fingerprint density at radius 3 is 2.72 bits per heavy atom. The van der Waals surface area contributed by atoms with Crippen molar-refractivity contribution in [2.24, 2.45) is 5.92 Å². The minimum Gasteiger partial charge on any atom is -0.480 e. The van der Waals surface area contributed by atoms with Crippen LogP contribution in [0.4, 0.5) is 4.79 Å². The lowest BCUT2D eigenvalue weighted by molar-refractivity contribution is -0.140. The normalized spacial score (nSPS) is 21.6. The van der Waals surface area contributed by atoms with Crippen LogP contribution < -0.4 is 10.6 Å². The number of aliphatic hydroxyl groups is 1. The zero-order valence-corrected chi connectivity index (χ0v) is 10.6. The first kappa shape index (κ1) is 14.7. The van der Waals surface area contributed by atoms with E-state index >= 15 is 0 Å². The smallest absolute Gasteiger partial charge is 0.328 e. The summed E-state index contributed by atoms with van der Waals surface area (Å²) >= 11 is 0.